The maximum absolute atomic E-state index is 5.76. The quantitative estimate of drug-likeness (QED) is 0.781. The van der Waals surface area contributed by atoms with Gasteiger partial charge >= 0.3 is 0 Å². The van der Waals surface area contributed by atoms with Gasteiger partial charge in [0.15, 0.2) is 0 Å². The fourth-order valence-electron chi connectivity index (χ4n) is 1.65. The monoisotopic (exact) mass is 189 g/mol. The minimum atomic E-state index is 0.173. The third kappa shape index (κ3) is 1.63. The summed E-state index contributed by atoms with van der Waals surface area (Å²) in [6, 6.07) is 6.33. The summed E-state index contributed by atoms with van der Waals surface area (Å²) in [4.78, 5) is 4.44. The number of hydrogen-bond donors (Lipinski definition) is 1. The Morgan fingerprint density at radius 3 is 2.93 bits per heavy atom. The molecule has 0 aliphatic carbocycles. The van der Waals surface area contributed by atoms with E-state index in [9.17, 15) is 0 Å². The maximum Gasteiger partial charge on any atom is 0.0884 e. The highest BCUT2D eigenvalue weighted by Gasteiger charge is 2.03. The van der Waals surface area contributed by atoms with Crippen molar-refractivity contribution in [3.8, 4) is 0 Å². The lowest BCUT2D eigenvalue weighted by Gasteiger charge is -2.07. The molecule has 0 aliphatic heterocycles. The van der Waals surface area contributed by atoms with Gasteiger partial charge in [-0.3, -0.25) is 4.98 Å². The molecule has 0 saturated carbocycles. The maximum atomic E-state index is 5.76. The summed E-state index contributed by atoms with van der Waals surface area (Å²) in [5.41, 5.74) is 9.02. The Morgan fingerprint density at radius 2 is 2.21 bits per heavy atom. The molecular weight excluding hydrogens is 174 g/mol. The van der Waals surface area contributed by atoms with Crippen LogP contribution < -0.4 is 5.73 Å². The molecule has 0 fully saturated rings. The van der Waals surface area contributed by atoms with Gasteiger partial charge in [-0.05, 0) is 32.0 Å². The SMILES string of the molecule is Cc1ccc2c(ccn2C[C@@H](C)N)n1. The largest absolute Gasteiger partial charge is 0.345 e. The summed E-state index contributed by atoms with van der Waals surface area (Å²) in [6.07, 6.45) is 2.04. The third-order valence-electron chi connectivity index (χ3n) is 2.25. The van der Waals surface area contributed by atoms with Crippen LogP contribution >= 0.6 is 0 Å². The molecule has 0 unspecified atom stereocenters. The van der Waals surface area contributed by atoms with Gasteiger partial charge in [0, 0.05) is 24.5 Å². The van der Waals surface area contributed by atoms with Crippen LogP contribution in [0.2, 0.25) is 0 Å². The molecular formula is C11H15N3. The van der Waals surface area contributed by atoms with Crippen molar-refractivity contribution in [2.75, 3.05) is 0 Å². The van der Waals surface area contributed by atoms with E-state index in [4.69, 9.17) is 5.73 Å². The molecule has 0 spiro atoms. The summed E-state index contributed by atoms with van der Waals surface area (Å²) in [5.74, 6) is 0. The van der Waals surface area contributed by atoms with E-state index in [2.05, 4.69) is 15.6 Å². The van der Waals surface area contributed by atoms with Crippen molar-refractivity contribution in [2.45, 2.75) is 26.4 Å². The second-order valence-electron chi connectivity index (χ2n) is 3.80. The Kier molecular flexibility index (Phi) is 2.25. The zero-order chi connectivity index (χ0) is 10.1. The summed E-state index contributed by atoms with van der Waals surface area (Å²) in [6.45, 7) is 4.85. The van der Waals surface area contributed by atoms with E-state index in [-0.39, 0.29) is 6.04 Å². The number of aryl methyl sites for hydroxylation is 1. The molecule has 0 bridgehead atoms. The van der Waals surface area contributed by atoms with Gasteiger partial charge in [0.05, 0.1) is 11.0 Å². The fraction of sp³-hybridized carbons (Fsp3) is 0.364. The number of aromatic nitrogens is 2. The normalized spacial score (nSPS) is 13.4. The standard InChI is InChI=1S/C11H15N3/c1-8(12)7-14-6-5-10-11(14)4-3-9(2)13-10/h3-6,8H,7,12H2,1-2H3/t8-/m1/s1. The van der Waals surface area contributed by atoms with Crippen molar-refractivity contribution in [3.05, 3.63) is 30.1 Å². The summed E-state index contributed by atoms with van der Waals surface area (Å²) in [7, 11) is 0. The Bertz CT molecular complexity index is 443. The van der Waals surface area contributed by atoms with Gasteiger partial charge in [-0.15, -0.1) is 0 Å². The van der Waals surface area contributed by atoms with Crippen molar-refractivity contribution < 1.29 is 0 Å². The van der Waals surface area contributed by atoms with Crippen LogP contribution in [0.25, 0.3) is 11.0 Å². The molecule has 0 saturated heterocycles. The molecule has 3 heteroatoms. The first-order chi connectivity index (χ1) is 6.66. The molecule has 2 rings (SSSR count). The van der Waals surface area contributed by atoms with E-state index in [0.717, 1.165) is 23.3 Å². The summed E-state index contributed by atoms with van der Waals surface area (Å²) >= 11 is 0. The Balaban J connectivity index is 2.47. The average Bonchev–Trinajstić information content (AvgIpc) is 2.47. The van der Waals surface area contributed by atoms with Gasteiger partial charge in [0.2, 0.25) is 0 Å². The Hall–Kier alpha value is -1.35. The van der Waals surface area contributed by atoms with Gasteiger partial charge in [-0.25, -0.2) is 0 Å². The van der Waals surface area contributed by atoms with Crippen LogP contribution in [0.1, 0.15) is 12.6 Å². The molecule has 0 radical (unpaired) electrons. The third-order valence-corrected chi connectivity index (χ3v) is 2.25. The average molecular weight is 189 g/mol. The first kappa shape index (κ1) is 9.21. The Morgan fingerprint density at radius 1 is 1.43 bits per heavy atom. The van der Waals surface area contributed by atoms with Crippen molar-refractivity contribution in [2.24, 2.45) is 5.73 Å². The predicted octanol–water partition coefficient (Wildman–Crippen LogP) is 1.69. The second-order valence-corrected chi connectivity index (χ2v) is 3.80. The lowest BCUT2D eigenvalue weighted by Crippen LogP contribution is -2.21. The van der Waals surface area contributed by atoms with Crippen LogP contribution in [0.15, 0.2) is 24.4 Å². The van der Waals surface area contributed by atoms with Crippen LogP contribution in [0.4, 0.5) is 0 Å². The lowest BCUT2D eigenvalue weighted by molar-refractivity contribution is 0.605. The van der Waals surface area contributed by atoms with E-state index >= 15 is 0 Å². The molecule has 74 valence electrons. The number of pyridine rings is 1. The van der Waals surface area contributed by atoms with Gasteiger partial charge in [0.1, 0.15) is 0 Å². The van der Waals surface area contributed by atoms with Crippen LogP contribution in [-0.4, -0.2) is 15.6 Å². The number of fused-ring (bicyclic) bond motifs is 1. The number of hydrogen-bond acceptors (Lipinski definition) is 2. The van der Waals surface area contributed by atoms with Crippen LogP contribution in [-0.2, 0) is 6.54 Å². The van der Waals surface area contributed by atoms with Gasteiger partial charge in [0.25, 0.3) is 0 Å². The minimum absolute atomic E-state index is 0.173. The molecule has 2 heterocycles. The Labute approximate surface area is 83.6 Å². The molecule has 14 heavy (non-hydrogen) atoms. The minimum Gasteiger partial charge on any atom is -0.345 e. The summed E-state index contributed by atoms with van der Waals surface area (Å²) < 4.78 is 2.15. The smallest absolute Gasteiger partial charge is 0.0884 e. The van der Waals surface area contributed by atoms with E-state index in [0.29, 0.717) is 0 Å². The van der Waals surface area contributed by atoms with E-state index < -0.39 is 0 Å². The molecule has 0 aliphatic rings. The molecule has 2 aromatic heterocycles. The highest BCUT2D eigenvalue weighted by Crippen LogP contribution is 2.14. The molecule has 0 aromatic carbocycles. The number of nitrogens with two attached hydrogens (primary N) is 1. The van der Waals surface area contributed by atoms with E-state index in [1.807, 2.05) is 32.2 Å². The van der Waals surface area contributed by atoms with Gasteiger partial charge in [-0.2, -0.15) is 0 Å². The number of nitrogens with zero attached hydrogens (tertiary/aromatic N) is 2. The molecule has 1 atom stereocenters. The van der Waals surface area contributed by atoms with Crippen molar-refractivity contribution in [3.63, 3.8) is 0 Å². The zero-order valence-electron chi connectivity index (χ0n) is 8.57. The topological polar surface area (TPSA) is 43.8 Å². The van der Waals surface area contributed by atoms with E-state index in [1.165, 1.54) is 0 Å². The predicted molar refractivity (Wildman–Crippen MR) is 58.1 cm³/mol. The summed E-state index contributed by atoms with van der Waals surface area (Å²) in [5, 5.41) is 0. The van der Waals surface area contributed by atoms with Crippen LogP contribution in [0.5, 0.6) is 0 Å². The first-order valence-electron chi connectivity index (χ1n) is 4.85. The van der Waals surface area contributed by atoms with Crippen molar-refractivity contribution in [1.82, 2.24) is 9.55 Å². The van der Waals surface area contributed by atoms with Crippen LogP contribution in [0, 0.1) is 6.92 Å². The highest BCUT2D eigenvalue weighted by molar-refractivity contribution is 5.75. The van der Waals surface area contributed by atoms with E-state index in [1.54, 1.807) is 0 Å². The van der Waals surface area contributed by atoms with Gasteiger partial charge in [-0.1, -0.05) is 0 Å². The highest BCUT2D eigenvalue weighted by atomic mass is 15.0. The fourth-order valence-corrected chi connectivity index (χ4v) is 1.65. The first-order valence-corrected chi connectivity index (χ1v) is 4.85. The molecule has 0 amide bonds. The van der Waals surface area contributed by atoms with Crippen molar-refractivity contribution >= 4 is 11.0 Å². The van der Waals surface area contributed by atoms with Crippen LogP contribution in [0.3, 0.4) is 0 Å². The second kappa shape index (κ2) is 3.42. The molecule has 2 aromatic rings. The number of rotatable bonds is 2. The zero-order valence-corrected chi connectivity index (χ0v) is 8.57. The van der Waals surface area contributed by atoms with Crippen molar-refractivity contribution in [1.29, 1.82) is 0 Å². The lowest BCUT2D eigenvalue weighted by atomic mass is 10.3. The molecule has 3 nitrogen and oxygen atoms in total. The van der Waals surface area contributed by atoms with Gasteiger partial charge < -0.3 is 10.3 Å². The molecule has 2 N–H and O–H groups in total.